The van der Waals surface area contributed by atoms with E-state index >= 15 is 0 Å². The number of phenols is 1. The van der Waals surface area contributed by atoms with E-state index in [1.54, 1.807) is 12.1 Å². The Hall–Kier alpha value is -3.89. The van der Waals surface area contributed by atoms with Crippen LogP contribution < -0.4 is 10.2 Å². The summed E-state index contributed by atoms with van der Waals surface area (Å²) in [6.45, 7) is 1.72. The molecule has 0 aromatic heterocycles. The van der Waals surface area contributed by atoms with E-state index in [2.05, 4.69) is 37.2 Å². The molecule has 4 aliphatic heterocycles. The molecule has 4 N–H and O–H groups in total. The minimum absolute atomic E-state index is 0.0427. The lowest BCUT2D eigenvalue weighted by atomic mass is 9.90. The molecule has 52 heavy (non-hydrogen) atoms. The predicted molar refractivity (Wildman–Crippen MR) is 196 cm³/mol. The molecule has 0 saturated carbocycles. The Labute approximate surface area is 318 Å². The number of fused-ring (bicyclic) bond motifs is 1. The smallest absolute Gasteiger partial charge is 0.410 e. The maximum Gasteiger partial charge on any atom is 0.410 e. The Balaban J connectivity index is 1.15. The van der Waals surface area contributed by atoms with Crippen LogP contribution in [0, 0.1) is 0 Å². The van der Waals surface area contributed by atoms with Crippen molar-refractivity contribution in [3.8, 4) is 5.75 Å². The lowest BCUT2D eigenvalue weighted by Gasteiger charge is -2.41. The van der Waals surface area contributed by atoms with Crippen LogP contribution in [0.4, 0.5) is 15.3 Å². The number of para-hydroxylation sites is 1. The SMILES string of the molecule is O=C(O)C1CC([N+]2CCCCC2C(=O)O)CCN1C(=O)[C@@H](Cc1cc(Br)c(O)c(Br)c1)OC(=O)N1CCC(N2CCc3ccccc3NC2=O)CC1. The van der Waals surface area contributed by atoms with Gasteiger partial charge >= 0.3 is 24.1 Å². The van der Waals surface area contributed by atoms with Crippen molar-refractivity contribution in [3.05, 3.63) is 56.5 Å². The van der Waals surface area contributed by atoms with Gasteiger partial charge in [-0.15, -0.1) is 0 Å². The number of carboxylic acid groups (broad SMARTS) is 2. The summed E-state index contributed by atoms with van der Waals surface area (Å²) in [6, 6.07) is 8.35. The first kappa shape index (κ1) is 37.9. The molecule has 16 heteroatoms. The molecule has 3 fully saturated rings. The Morgan fingerprint density at radius 1 is 0.942 bits per heavy atom. The summed E-state index contributed by atoms with van der Waals surface area (Å²) in [7, 11) is 0. The summed E-state index contributed by atoms with van der Waals surface area (Å²) < 4.78 is 6.65. The predicted octanol–water partition coefficient (Wildman–Crippen LogP) is 4.74. The van der Waals surface area contributed by atoms with E-state index in [1.165, 1.54) is 9.80 Å². The average molecular weight is 850 g/mol. The largest absolute Gasteiger partial charge is 0.506 e. The molecule has 0 bridgehead atoms. The molecule has 2 aromatic rings. The third-order valence-corrected chi connectivity index (χ3v) is 12.0. The third kappa shape index (κ3) is 8.33. The number of rotatable bonds is 8. The number of benzene rings is 2. The molecular weight excluding hydrogens is 806 g/mol. The molecule has 3 unspecified atom stereocenters. The number of nitrogens with one attached hydrogen (secondary N) is 1. The first-order valence-corrected chi connectivity index (χ1v) is 19.3. The highest BCUT2D eigenvalue weighted by atomic mass is 79.9. The van der Waals surface area contributed by atoms with Gasteiger partial charge in [-0.25, -0.2) is 19.2 Å². The molecule has 4 amide bonds. The second-order valence-corrected chi connectivity index (χ2v) is 15.6. The third-order valence-electron chi connectivity index (χ3n) is 10.8. The van der Waals surface area contributed by atoms with Gasteiger partial charge in [-0.1, -0.05) is 18.2 Å². The van der Waals surface area contributed by atoms with Crippen molar-refractivity contribution in [2.45, 2.75) is 88.1 Å². The highest BCUT2D eigenvalue weighted by molar-refractivity contribution is 9.11. The molecule has 0 aliphatic carbocycles. The quantitative estimate of drug-likeness (QED) is 0.273. The lowest BCUT2D eigenvalue weighted by molar-refractivity contribution is -0.158. The van der Waals surface area contributed by atoms with Crippen molar-refractivity contribution in [1.82, 2.24) is 19.6 Å². The molecule has 4 atom stereocenters. The fourth-order valence-corrected chi connectivity index (χ4v) is 9.29. The van der Waals surface area contributed by atoms with Gasteiger partial charge in [-0.05, 0) is 86.9 Å². The van der Waals surface area contributed by atoms with Gasteiger partial charge in [0.1, 0.15) is 24.4 Å². The van der Waals surface area contributed by atoms with E-state index in [9.17, 15) is 39.3 Å². The lowest BCUT2D eigenvalue weighted by Crippen LogP contribution is -2.62. The van der Waals surface area contributed by atoms with E-state index in [0.717, 1.165) is 24.1 Å². The van der Waals surface area contributed by atoms with E-state index < -0.39 is 42.1 Å². The van der Waals surface area contributed by atoms with E-state index in [-0.39, 0.29) is 43.3 Å². The number of aliphatic carboxylic acids is 2. The number of carbonyl (C=O) groups excluding carboxylic acids is 3. The van der Waals surface area contributed by atoms with Crippen molar-refractivity contribution >= 4 is 67.5 Å². The molecule has 3 saturated heterocycles. The molecule has 1 radical (unpaired) electrons. The highest BCUT2D eigenvalue weighted by Crippen LogP contribution is 2.35. The number of amides is 4. The number of halogens is 2. The van der Waals surface area contributed by atoms with Gasteiger partial charge in [0.15, 0.2) is 6.10 Å². The van der Waals surface area contributed by atoms with Crippen LogP contribution in [0.15, 0.2) is 45.3 Å². The standard InChI is InChI=1S/C36H43Br2N5O9/c37-25-17-21(18-26(38)31(25)44)19-30(32(45)43-16-11-24(20-29(43)34(48)49)41-12-4-3-7-28(41)33(46)47)52-36(51)40-13-9-23(10-14-40)42-15-8-22-5-1-2-6-27(22)39-35(42)50/h1-2,5-6,17-18,23-24,28-30,44H,3-4,7-16,19-20H2,(H,39,50)(H,46,47)(H,48,49)/q+1/t24?,28?,29?,30-/m1/s1. The molecule has 279 valence electrons. The van der Waals surface area contributed by atoms with Gasteiger partial charge in [0.2, 0.25) is 6.04 Å². The fourth-order valence-electron chi connectivity index (χ4n) is 8.01. The number of hydrogen-bond acceptors (Lipinski definition) is 8. The van der Waals surface area contributed by atoms with E-state index in [1.807, 2.05) is 34.1 Å². The summed E-state index contributed by atoms with van der Waals surface area (Å²) >= 11 is 6.62. The van der Waals surface area contributed by atoms with Crippen LogP contribution in [0.5, 0.6) is 5.75 Å². The van der Waals surface area contributed by atoms with Crippen LogP contribution in [-0.2, 0) is 32.0 Å². The zero-order valence-corrected chi connectivity index (χ0v) is 31.8. The van der Waals surface area contributed by atoms with Crippen LogP contribution >= 0.6 is 31.9 Å². The Morgan fingerprint density at radius 3 is 2.35 bits per heavy atom. The number of likely N-dealkylation sites (tertiary alicyclic amines) is 3. The second-order valence-electron chi connectivity index (χ2n) is 13.9. The van der Waals surface area contributed by atoms with Gasteiger partial charge in [-0.3, -0.25) is 4.79 Å². The van der Waals surface area contributed by atoms with Crippen LogP contribution in [0.3, 0.4) is 0 Å². The monoisotopic (exact) mass is 847 g/mol. The van der Waals surface area contributed by atoms with Gasteiger partial charge in [0.05, 0.1) is 8.95 Å². The summed E-state index contributed by atoms with van der Waals surface area (Å²) in [5.74, 6) is -2.86. The Kier molecular flexibility index (Phi) is 12.0. The van der Waals surface area contributed by atoms with E-state index in [4.69, 9.17) is 4.74 Å². The summed E-state index contributed by atoms with van der Waals surface area (Å²) in [5, 5.41) is 33.4. The summed E-state index contributed by atoms with van der Waals surface area (Å²) in [4.78, 5) is 72.2. The van der Waals surface area contributed by atoms with Crippen LogP contribution in [0.1, 0.15) is 56.1 Å². The topological polar surface area (TPSA) is 183 Å². The molecule has 4 heterocycles. The minimum Gasteiger partial charge on any atom is -0.506 e. The van der Waals surface area contributed by atoms with Crippen molar-refractivity contribution in [3.63, 3.8) is 0 Å². The zero-order chi connectivity index (χ0) is 37.1. The first-order valence-electron chi connectivity index (χ1n) is 17.7. The average Bonchev–Trinajstić information content (AvgIpc) is 3.30. The molecule has 4 aliphatic rings. The fraction of sp³-hybridized carbons (Fsp3) is 0.528. The number of carbonyl (C=O) groups is 5. The number of carboxylic acids is 2. The Bertz CT molecular complexity index is 1680. The number of anilines is 1. The van der Waals surface area contributed by atoms with Gasteiger partial charge in [0.25, 0.3) is 5.91 Å². The summed E-state index contributed by atoms with van der Waals surface area (Å²) in [6.07, 6.45) is 2.03. The molecule has 14 nitrogen and oxygen atoms in total. The van der Waals surface area contributed by atoms with Crippen LogP contribution in [-0.4, -0.2) is 123 Å². The van der Waals surface area contributed by atoms with Crippen molar-refractivity contribution in [2.75, 3.05) is 38.0 Å². The van der Waals surface area contributed by atoms with Crippen molar-refractivity contribution in [2.24, 2.45) is 0 Å². The second kappa shape index (κ2) is 16.4. The molecular formula is C36H43Br2N5O9+. The maximum atomic E-state index is 14.3. The van der Waals surface area contributed by atoms with E-state index in [0.29, 0.717) is 72.8 Å². The number of aromatic hydroxyl groups is 1. The number of urea groups is 1. The summed E-state index contributed by atoms with van der Waals surface area (Å²) in [5.41, 5.74) is 2.41. The highest BCUT2D eigenvalue weighted by Gasteiger charge is 2.49. The number of phenolic OH excluding ortho intramolecular Hbond substituents is 1. The maximum absolute atomic E-state index is 14.3. The van der Waals surface area contributed by atoms with Crippen molar-refractivity contribution in [1.29, 1.82) is 0 Å². The molecule has 6 rings (SSSR count). The normalized spacial score (nSPS) is 23.6. The van der Waals surface area contributed by atoms with Crippen LogP contribution in [0.25, 0.3) is 0 Å². The molecule has 0 spiro atoms. The van der Waals surface area contributed by atoms with Gasteiger partial charge in [-0.2, -0.15) is 4.90 Å². The Morgan fingerprint density at radius 2 is 1.65 bits per heavy atom. The zero-order valence-electron chi connectivity index (χ0n) is 28.6. The number of nitrogens with zero attached hydrogens (tertiary/aromatic N) is 4. The first-order chi connectivity index (χ1) is 24.9. The molecule has 2 aromatic carbocycles. The minimum atomic E-state index is -1.39. The number of piperidine rings is 3. The van der Waals surface area contributed by atoms with Gasteiger partial charge in [0, 0.05) is 70.0 Å². The number of ether oxygens (including phenoxy) is 1. The van der Waals surface area contributed by atoms with Crippen LogP contribution in [0.2, 0.25) is 0 Å². The van der Waals surface area contributed by atoms with Crippen molar-refractivity contribution < 1.29 is 44.0 Å². The van der Waals surface area contributed by atoms with Gasteiger partial charge < -0.3 is 40.1 Å². The number of hydrogen-bond donors (Lipinski definition) is 4.